The van der Waals surface area contributed by atoms with Crippen molar-refractivity contribution in [1.29, 1.82) is 0 Å². The van der Waals surface area contributed by atoms with Crippen LogP contribution in [-0.4, -0.2) is 6.04 Å². The summed E-state index contributed by atoms with van der Waals surface area (Å²) in [5.74, 6) is 0.629. The molecule has 122 valence electrons. The molecule has 0 unspecified atom stereocenters. The van der Waals surface area contributed by atoms with Gasteiger partial charge in [0.15, 0.2) is 0 Å². The topological polar surface area (TPSA) is 29.1 Å². The van der Waals surface area contributed by atoms with Crippen LogP contribution < -0.4 is 15.7 Å². The molecular formula is C20H26NOP. The fourth-order valence-electron chi connectivity index (χ4n) is 3.60. The molecule has 2 aromatic carbocycles. The van der Waals surface area contributed by atoms with Gasteiger partial charge in [-0.3, -0.25) is 9.65 Å². The maximum absolute atomic E-state index is 14.0. The molecule has 2 aromatic rings. The minimum absolute atomic E-state index is 0.265. The average Bonchev–Trinajstić information content (AvgIpc) is 2.64. The standard InChI is InChI=1S/C20H26NOP/c1-17(18-11-5-2-6-12-18)21-23(22,19-13-7-3-8-14-19)20-15-9-4-10-16-20/h3-4,7-10,13-18H,2,5-6,11-12H2,1H3,(H,21,22)/t17-/m1/s1. The molecule has 0 saturated heterocycles. The molecule has 0 aromatic heterocycles. The van der Waals surface area contributed by atoms with E-state index in [0.29, 0.717) is 5.92 Å². The van der Waals surface area contributed by atoms with Crippen molar-refractivity contribution in [3.63, 3.8) is 0 Å². The van der Waals surface area contributed by atoms with Gasteiger partial charge < -0.3 is 0 Å². The van der Waals surface area contributed by atoms with Crippen LogP contribution in [0.25, 0.3) is 0 Å². The van der Waals surface area contributed by atoms with Gasteiger partial charge in [-0.05, 0) is 49.9 Å². The Labute approximate surface area is 139 Å². The predicted molar refractivity (Wildman–Crippen MR) is 98.9 cm³/mol. The second-order valence-electron chi connectivity index (χ2n) is 6.60. The maximum Gasteiger partial charge on any atom is 0.204 e. The summed E-state index contributed by atoms with van der Waals surface area (Å²) in [6.45, 7) is 2.20. The number of rotatable bonds is 5. The summed E-state index contributed by atoms with van der Waals surface area (Å²) in [7, 11) is -2.80. The molecule has 0 aliphatic heterocycles. The molecule has 1 aliphatic rings. The van der Waals surface area contributed by atoms with Crippen LogP contribution in [0.1, 0.15) is 39.0 Å². The van der Waals surface area contributed by atoms with E-state index in [1.54, 1.807) is 0 Å². The van der Waals surface area contributed by atoms with E-state index in [4.69, 9.17) is 0 Å². The second-order valence-corrected chi connectivity index (χ2v) is 9.11. The minimum Gasteiger partial charge on any atom is -0.297 e. The van der Waals surface area contributed by atoms with Crippen molar-refractivity contribution in [2.75, 3.05) is 0 Å². The highest BCUT2D eigenvalue weighted by molar-refractivity contribution is 7.76. The molecule has 1 fully saturated rings. The third kappa shape index (κ3) is 3.76. The van der Waals surface area contributed by atoms with Crippen LogP contribution in [0.5, 0.6) is 0 Å². The van der Waals surface area contributed by atoms with E-state index in [-0.39, 0.29) is 6.04 Å². The minimum atomic E-state index is -2.80. The van der Waals surface area contributed by atoms with Crippen LogP contribution in [0.3, 0.4) is 0 Å². The molecule has 1 saturated carbocycles. The lowest BCUT2D eigenvalue weighted by Gasteiger charge is -2.32. The summed E-state index contributed by atoms with van der Waals surface area (Å²) in [5.41, 5.74) is 0. The van der Waals surface area contributed by atoms with Gasteiger partial charge in [-0.1, -0.05) is 55.7 Å². The van der Waals surface area contributed by atoms with Crippen molar-refractivity contribution in [1.82, 2.24) is 5.09 Å². The molecule has 3 heteroatoms. The quantitative estimate of drug-likeness (QED) is 0.821. The first kappa shape index (κ1) is 16.5. The number of hydrogen-bond acceptors (Lipinski definition) is 1. The summed E-state index contributed by atoms with van der Waals surface area (Å²) in [5, 5.41) is 5.35. The highest BCUT2D eigenvalue weighted by atomic mass is 31.2. The van der Waals surface area contributed by atoms with Crippen molar-refractivity contribution < 1.29 is 4.57 Å². The normalized spacial score (nSPS) is 17.8. The summed E-state index contributed by atoms with van der Waals surface area (Å²) in [6, 6.07) is 20.0. The van der Waals surface area contributed by atoms with Crippen molar-refractivity contribution in [3.8, 4) is 0 Å². The first-order chi connectivity index (χ1) is 11.2. The van der Waals surface area contributed by atoms with Gasteiger partial charge in [-0.2, -0.15) is 0 Å². The highest BCUT2D eigenvalue weighted by Crippen LogP contribution is 2.41. The molecule has 1 aliphatic carbocycles. The summed E-state index contributed by atoms with van der Waals surface area (Å²) >= 11 is 0. The summed E-state index contributed by atoms with van der Waals surface area (Å²) in [6.07, 6.45) is 6.45. The van der Waals surface area contributed by atoms with Gasteiger partial charge >= 0.3 is 0 Å². The van der Waals surface area contributed by atoms with E-state index in [1.807, 2.05) is 60.7 Å². The van der Waals surface area contributed by atoms with E-state index >= 15 is 0 Å². The molecule has 0 spiro atoms. The Morgan fingerprint density at radius 2 is 1.35 bits per heavy atom. The molecule has 0 amide bonds. The van der Waals surface area contributed by atoms with Crippen LogP contribution in [0.4, 0.5) is 0 Å². The monoisotopic (exact) mass is 327 g/mol. The Morgan fingerprint density at radius 3 is 1.83 bits per heavy atom. The lowest BCUT2D eigenvalue weighted by Crippen LogP contribution is -2.38. The van der Waals surface area contributed by atoms with Crippen LogP contribution >= 0.6 is 7.29 Å². The van der Waals surface area contributed by atoms with E-state index in [0.717, 1.165) is 10.6 Å². The lowest BCUT2D eigenvalue weighted by atomic mass is 9.85. The first-order valence-electron chi connectivity index (χ1n) is 8.69. The fourth-order valence-corrected chi connectivity index (χ4v) is 6.16. The van der Waals surface area contributed by atoms with Gasteiger partial charge in [-0.25, -0.2) is 0 Å². The van der Waals surface area contributed by atoms with Crippen LogP contribution in [0, 0.1) is 5.92 Å². The molecule has 0 heterocycles. The third-order valence-corrected chi connectivity index (χ3v) is 7.80. The van der Waals surface area contributed by atoms with Crippen molar-refractivity contribution in [3.05, 3.63) is 60.7 Å². The molecular weight excluding hydrogens is 301 g/mol. The molecule has 2 nitrogen and oxygen atoms in total. The largest absolute Gasteiger partial charge is 0.297 e. The zero-order chi connectivity index (χ0) is 16.1. The lowest BCUT2D eigenvalue weighted by molar-refractivity contribution is 0.303. The van der Waals surface area contributed by atoms with Crippen LogP contribution in [0.2, 0.25) is 0 Å². The van der Waals surface area contributed by atoms with E-state index in [9.17, 15) is 4.57 Å². The molecule has 1 atom stereocenters. The van der Waals surface area contributed by atoms with Gasteiger partial charge in [0.05, 0.1) is 0 Å². The average molecular weight is 327 g/mol. The van der Waals surface area contributed by atoms with E-state index < -0.39 is 7.29 Å². The van der Waals surface area contributed by atoms with Crippen LogP contribution in [-0.2, 0) is 4.57 Å². The van der Waals surface area contributed by atoms with E-state index in [1.165, 1.54) is 32.1 Å². The van der Waals surface area contributed by atoms with Crippen molar-refractivity contribution in [2.45, 2.75) is 45.1 Å². The molecule has 0 radical (unpaired) electrons. The van der Waals surface area contributed by atoms with Gasteiger partial charge in [0.2, 0.25) is 7.29 Å². The van der Waals surface area contributed by atoms with Gasteiger partial charge in [-0.15, -0.1) is 0 Å². The van der Waals surface area contributed by atoms with Crippen molar-refractivity contribution >= 4 is 17.9 Å². The number of hydrogen-bond donors (Lipinski definition) is 1. The Hall–Kier alpha value is -1.37. The smallest absolute Gasteiger partial charge is 0.204 e. The Morgan fingerprint density at radius 1 is 0.870 bits per heavy atom. The molecule has 23 heavy (non-hydrogen) atoms. The summed E-state index contributed by atoms with van der Waals surface area (Å²) < 4.78 is 14.0. The van der Waals surface area contributed by atoms with Crippen molar-refractivity contribution in [2.24, 2.45) is 5.92 Å². The third-order valence-electron chi connectivity index (χ3n) is 4.98. The Balaban J connectivity index is 1.91. The number of benzene rings is 2. The predicted octanol–water partition coefficient (Wildman–Crippen LogP) is 4.47. The molecule has 3 rings (SSSR count). The van der Waals surface area contributed by atoms with Gasteiger partial charge in [0.25, 0.3) is 0 Å². The zero-order valence-corrected chi connectivity index (χ0v) is 14.7. The SMILES string of the molecule is C[C@@H](NP(=O)(c1ccccc1)c1ccccc1)C1CCCCC1. The van der Waals surface area contributed by atoms with Crippen LogP contribution in [0.15, 0.2) is 60.7 Å². The zero-order valence-electron chi connectivity index (χ0n) is 13.8. The highest BCUT2D eigenvalue weighted by Gasteiger charge is 2.31. The fraction of sp³-hybridized carbons (Fsp3) is 0.400. The second kappa shape index (κ2) is 7.47. The first-order valence-corrected chi connectivity index (χ1v) is 10.4. The maximum atomic E-state index is 14.0. The molecule has 1 N–H and O–H groups in total. The van der Waals surface area contributed by atoms with E-state index in [2.05, 4.69) is 12.0 Å². The van der Waals surface area contributed by atoms with Gasteiger partial charge in [0.1, 0.15) is 0 Å². The Kier molecular flexibility index (Phi) is 5.35. The molecule has 0 bridgehead atoms. The summed E-state index contributed by atoms with van der Waals surface area (Å²) in [4.78, 5) is 0. The Bertz CT molecular complexity index is 606. The van der Waals surface area contributed by atoms with Gasteiger partial charge in [0, 0.05) is 16.7 Å². The number of nitrogens with one attached hydrogen (secondary N) is 1.